The van der Waals surface area contributed by atoms with Crippen molar-refractivity contribution in [2.24, 2.45) is 5.10 Å². The molecule has 3 aromatic carbocycles. The van der Waals surface area contributed by atoms with Crippen molar-refractivity contribution in [1.82, 2.24) is 20.2 Å². The summed E-state index contributed by atoms with van der Waals surface area (Å²) in [6, 6.07) is 24.1. The van der Waals surface area contributed by atoms with E-state index in [-0.39, 0.29) is 17.4 Å². The largest absolute Gasteiger partial charge is 0.508 e. The van der Waals surface area contributed by atoms with Gasteiger partial charge in [-0.25, -0.2) is 5.43 Å². The summed E-state index contributed by atoms with van der Waals surface area (Å²) < 4.78 is 2.91. The Morgan fingerprint density at radius 1 is 1.03 bits per heavy atom. The topological polar surface area (TPSA) is 92.4 Å². The molecule has 1 heterocycles. The molecule has 0 atom stereocenters. The second kappa shape index (κ2) is 10.3. The molecule has 0 saturated heterocycles. The number of nitrogens with one attached hydrogen (secondary N) is 1. The summed E-state index contributed by atoms with van der Waals surface area (Å²) in [5.41, 5.74) is 5.09. The number of phenols is 1. The Hall–Kier alpha value is -3.43. The van der Waals surface area contributed by atoms with Gasteiger partial charge in [-0.1, -0.05) is 58.0 Å². The minimum atomic E-state index is -0.266. The summed E-state index contributed by atoms with van der Waals surface area (Å²) in [7, 11) is 0. The zero-order valence-corrected chi connectivity index (χ0v) is 19.1. The van der Waals surface area contributed by atoms with Crippen molar-refractivity contribution >= 4 is 39.8 Å². The Labute approximate surface area is 197 Å². The van der Waals surface area contributed by atoms with Crippen LogP contribution < -0.4 is 5.43 Å². The maximum atomic E-state index is 12.3. The quantitative estimate of drug-likeness (QED) is 0.216. The average molecular weight is 508 g/mol. The lowest BCUT2D eigenvalue weighted by Gasteiger charge is -2.10. The second-order valence-electron chi connectivity index (χ2n) is 6.66. The Bertz CT molecular complexity index is 1230. The smallest absolute Gasteiger partial charge is 0.250 e. The van der Waals surface area contributed by atoms with Crippen LogP contribution in [0.1, 0.15) is 5.56 Å². The van der Waals surface area contributed by atoms with Gasteiger partial charge in [-0.2, -0.15) is 5.10 Å². The van der Waals surface area contributed by atoms with Crippen LogP contribution in [-0.2, 0) is 4.79 Å². The zero-order valence-electron chi connectivity index (χ0n) is 16.7. The maximum Gasteiger partial charge on any atom is 0.250 e. The number of aromatic hydroxyl groups is 1. The van der Waals surface area contributed by atoms with Crippen LogP contribution in [0.25, 0.3) is 17.1 Å². The molecule has 0 aliphatic carbocycles. The molecule has 0 radical (unpaired) electrons. The van der Waals surface area contributed by atoms with Gasteiger partial charge < -0.3 is 5.11 Å². The SMILES string of the molecule is O=C(CSc1nnc(-c2ccc(Br)cc2)n1-c1ccccc1)N/N=C/c1ccc(O)cc1. The van der Waals surface area contributed by atoms with Crippen LogP contribution in [0.2, 0.25) is 0 Å². The molecule has 2 N–H and O–H groups in total. The van der Waals surface area contributed by atoms with Gasteiger partial charge in [-0.3, -0.25) is 9.36 Å². The van der Waals surface area contributed by atoms with Gasteiger partial charge in [0.15, 0.2) is 11.0 Å². The van der Waals surface area contributed by atoms with E-state index in [0.29, 0.717) is 11.0 Å². The number of carbonyl (C=O) groups excluding carboxylic acids is 1. The van der Waals surface area contributed by atoms with Crippen molar-refractivity contribution in [3.63, 3.8) is 0 Å². The van der Waals surface area contributed by atoms with Gasteiger partial charge in [0.25, 0.3) is 5.91 Å². The van der Waals surface area contributed by atoms with Crippen molar-refractivity contribution in [2.45, 2.75) is 5.16 Å². The van der Waals surface area contributed by atoms with Gasteiger partial charge >= 0.3 is 0 Å². The minimum Gasteiger partial charge on any atom is -0.508 e. The van der Waals surface area contributed by atoms with Gasteiger partial charge in [0.1, 0.15) is 5.75 Å². The predicted molar refractivity (Wildman–Crippen MR) is 129 cm³/mol. The normalized spacial score (nSPS) is 11.0. The standard InChI is InChI=1S/C23H18BrN5O2S/c24-18-10-8-17(9-11-18)22-27-28-23(29(22)19-4-2-1-3-5-19)32-15-21(31)26-25-14-16-6-12-20(30)13-7-16/h1-14,30H,15H2,(H,26,31)/b25-14+. The third-order valence-corrected chi connectivity index (χ3v) is 5.84. The molecule has 1 aromatic heterocycles. The van der Waals surface area contributed by atoms with E-state index >= 15 is 0 Å². The van der Waals surface area contributed by atoms with Gasteiger partial charge in [-0.05, 0) is 54.1 Å². The second-order valence-corrected chi connectivity index (χ2v) is 8.52. The van der Waals surface area contributed by atoms with Gasteiger partial charge in [0, 0.05) is 15.7 Å². The Morgan fingerprint density at radius 3 is 2.47 bits per heavy atom. The number of benzene rings is 3. The van der Waals surface area contributed by atoms with Crippen molar-refractivity contribution in [1.29, 1.82) is 0 Å². The number of hydrogen-bond donors (Lipinski definition) is 2. The Morgan fingerprint density at radius 2 is 1.75 bits per heavy atom. The molecule has 0 aliphatic heterocycles. The summed E-state index contributed by atoms with van der Waals surface area (Å²) in [6.07, 6.45) is 1.51. The lowest BCUT2D eigenvalue weighted by Crippen LogP contribution is -2.20. The van der Waals surface area contributed by atoms with Crippen molar-refractivity contribution in [2.75, 3.05) is 5.75 Å². The number of rotatable bonds is 7. The van der Waals surface area contributed by atoms with Gasteiger partial charge in [0.05, 0.1) is 12.0 Å². The molecular weight excluding hydrogens is 490 g/mol. The fourth-order valence-corrected chi connectivity index (χ4v) is 3.87. The summed E-state index contributed by atoms with van der Waals surface area (Å²) in [5.74, 6) is 0.723. The van der Waals surface area contributed by atoms with Gasteiger partial charge in [-0.15, -0.1) is 10.2 Å². The molecule has 0 saturated carbocycles. The first-order chi connectivity index (χ1) is 15.6. The van der Waals surface area contributed by atoms with E-state index in [1.165, 1.54) is 18.0 Å². The zero-order chi connectivity index (χ0) is 22.3. The van der Waals surface area contributed by atoms with E-state index in [1.807, 2.05) is 59.2 Å². The molecule has 7 nitrogen and oxygen atoms in total. The third kappa shape index (κ3) is 5.43. The number of phenolic OH excluding ortho intramolecular Hbond substituents is 1. The molecule has 0 unspecified atom stereocenters. The summed E-state index contributed by atoms with van der Waals surface area (Å²) in [6.45, 7) is 0. The molecule has 160 valence electrons. The number of amides is 1. The number of aromatic nitrogens is 3. The third-order valence-electron chi connectivity index (χ3n) is 4.38. The summed E-state index contributed by atoms with van der Waals surface area (Å²) in [5, 5.41) is 22.6. The monoisotopic (exact) mass is 507 g/mol. The fourth-order valence-electron chi connectivity index (χ4n) is 2.86. The first kappa shape index (κ1) is 21.8. The highest BCUT2D eigenvalue weighted by molar-refractivity contribution is 9.10. The van der Waals surface area contributed by atoms with Crippen LogP contribution in [0.5, 0.6) is 5.75 Å². The fraction of sp³-hybridized carbons (Fsp3) is 0.0435. The van der Waals surface area contributed by atoms with Crippen LogP contribution in [0.3, 0.4) is 0 Å². The van der Waals surface area contributed by atoms with Crippen molar-refractivity contribution in [3.05, 3.63) is 88.9 Å². The number of nitrogens with zero attached hydrogens (tertiary/aromatic N) is 4. The van der Waals surface area contributed by atoms with Crippen molar-refractivity contribution in [3.8, 4) is 22.8 Å². The lowest BCUT2D eigenvalue weighted by molar-refractivity contribution is -0.118. The molecule has 0 aliphatic rings. The van der Waals surface area contributed by atoms with Crippen LogP contribution >= 0.6 is 27.7 Å². The maximum absolute atomic E-state index is 12.3. The van der Waals surface area contributed by atoms with E-state index in [2.05, 4.69) is 36.7 Å². The first-order valence-corrected chi connectivity index (χ1v) is 11.4. The molecule has 0 fully saturated rings. The molecule has 4 aromatic rings. The molecule has 9 heteroatoms. The Balaban J connectivity index is 1.49. The highest BCUT2D eigenvalue weighted by Crippen LogP contribution is 2.28. The highest BCUT2D eigenvalue weighted by atomic mass is 79.9. The number of hydrogen-bond acceptors (Lipinski definition) is 6. The van der Waals surface area contributed by atoms with E-state index in [4.69, 9.17) is 0 Å². The number of hydrazone groups is 1. The van der Waals surface area contributed by atoms with E-state index in [0.717, 1.165) is 21.3 Å². The summed E-state index contributed by atoms with van der Waals surface area (Å²) in [4.78, 5) is 12.3. The Kier molecular flexibility index (Phi) is 6.98. The molecule has 0 bridgehead atoms. The number of carbonyl (C=O) groups is 1. The molecule has 0 spiro atoms. The van der Waals surface area contributed by atoms with Crippen LogP contribution in [0, 0.1) is 0 Å². The van der Waals surface area contributed by atoms with E-state index < -0.39 is 0 Å². The first-order valence-electron chi connectivity index (χ1n) is 9.60. The predicted octanol–water partition coefficient (Wildman–Crippen LogP) is 4.64. The number of halogens is 1. The van der Waals surface area contributed by atoms with E-state index in [9.17, 15) is 9.90 Å². The average Bonchev–Trinajstić information content (AvgIpc) is 3.24. The molecule has 1 amide bonds. The van der Waals surface area contributed by atoms with Crippen molar-refractivity contribution < 1.29 is 9.90 Å². The summed E-state index contributed by atoms with van der Waals surface area (Å²) >= 11 is 4.73. The lowest BCUT2D eigenvalue weighted by atomic mass is 10.2. The van der Waals surface area contributed by atoms with Crippen LogP contribution in [0.4, 0.5) is 0 Å². The molecular formula is C23H18BrN5O2S. The van der Waals surface area contributed by atoms with Gasteiger partial charge in [0.2, 0.25) is 0 Å². The van der Waals surface area contributed by atoms with Crippen LogP contribution in [0.15, 0.2) is 93.6 Å². The molecule has 4 rings (SSSR count). The number of para-hydroxylation sites is 1. The van der Waals surface area contributed by atoms with Crippen LogP contribution in [-0.4, -0.2) is 37.7 Å². The molecule has 32 heavy (non-hydrogen) atoms. The highest BCUT2D eigenvalue weighted by Gasteiger charge is 2.17. The van der Waals surface area contributed by atoms with E-state index in [1.54, 1.807) is 24.3 Å². The minimum absolute atomic E-state index is 0.123. The number of thioether (sulfide) groups is 1.